The van der Waals surface area contributed by atoms with E-state index in [0.29, 0.717) is 5.75 Å². The summed E-state index contributed by atoms with van der Waals surface area (Å²) >= 11 is 0. The molecule has 0 bridgehead atoms. The molecule has 2 unspecified atom stereocenters. The minimum atomic E-state index is 0.0324. The van der Waals surface area contributed by atoms with E-state index in [-0.39, 0.29) is 12.1 Å². The molecule has 3 N–H and O–H groups in total. The fraction of sp³-hybridized carbons (Fsp3) is 0.385. The summed E-state index contributed by atoms with van der Waals surface area (Å²) in [4.78, 5) is 4.11. The van der Waals surface area contributed by atoms with Crippen molar-refractivity contribution in [1.82, 2.24) is 20.5 Å². The Morgan fingerprint density at radius 3 is 2.72 bits per heavy atom. The largest absolute Gasteiger partial charge is 0.508 e. The standard InChI is InChI=1S/C13H18N4O/c1-8-4-5-12(18)11(6-8)9(2)16-10(3)13-14-7-15-17-13/h4-7,9-10,16,18H,1-3H3,(H,14,15,17). The van der Waals surface area contributed by atoms with Gasteiger partial charge in [0.25, 0.3) is 0 Å². The Hall–Kier alpha value is -1.88. The molecule has 1 aromatic heterocycles. The number of nitrogens with one attached hydrogen (secondary N) is 2. The number of benzene rings is 1. The van der Waals surface area contributed by atoms with Gasteiger partial charge in [-0.15, -0.1) is 0 Å². The number of aryl methyl sites for hydroxylation is 1. The van der Waals surface area contributed by atoms with Crippen molar-refractivity contribution in [2.45, 2.75) is 32.9 Å². The summed E-state index contributed by atoms with van der Waals surface area (Å²) in [7, 11) is 0. The van der Waals surface area contributed by atoms with Gasteiger partial charge in [0.1, 0.15) is 17.9 Å². The molecule has 5 nitrogen and oxygen atoms in total. The number of aromatic nitrogens is 3. The van der Waals surface area contributed by atoms with Crippen LogP contribution in [0.5, 0.6) is 5.75 Å². The second kappa shape index (κ2) is 5.18. The van der Waals surface area contributed by atoms with Crippen LogP contribution in [0.1, 0.15) is 42.9 Å². The third-order valence-electron chi connectivity index (χ3n) is 2.99. The molecular weight excluding hydrogens is 228 g/mol. The quantitative estimate of drug-likeness (QED) is 0.773. The van der Waals surface area contributed by atoms with Crippen LogP contribution in [0, 0.1) is 6.92 Å². The maximum Gasteiger partial charge on any atom is 0.141 e. The highest BCUT2D eigenvalue weighted by Crippen LogP contribution is 2.26. The van der Waals surface area contributed by atoms with Crippen molar-refractivity contribution >= 4 is 0 Å². The molecule has 1 heterocycles. The molecule has 0 radical (unpaired) electrons. The topological polar surface area (TPSA) is 73.8 Å². The maximum atomic E-state index is 9.87. The minimum Gasteiger partial charge on any atom is -0.508 e. The maximum absolute atomic E-state index is 9.87. The molecule has 2 atom stereocenters. The Bertz CT molecular complexity index is 510. The predicted molar refractivity (Wildman–Crippen MR) is 69.2 cm³/mol. The lowest BCUT2D eigenvalue weighted by Gasteiger charge is -2.20. The molecule has 0 saturated heterocycles. The summed E-state index contributed by atoms with van der Waals surface area (Å²) in [6.45, 7) is 6.03. The van der Waals surface area contributed by atoms with E-state index >= 15 is 0 Å². The Balaban J connectivity index is 2.12. The first-order chi connectivity index (χ1) is 8.58. The summed E-state index contributed by atoms with van der Waals surface area (Å²) in [5.74, 6) is 1.10. The fourth-order valence-electron chi connectivity index (χ4n) is 1.99. The molecule has 0 spiro atoms. The third kappa shape index (κ3) is 2.68. The highest BCUT2D eigenvalue weighted by molar-refractivity contribution is 5.37. The van der Waals surface area contributed by atoms with Gasteiger partial charge >= 0.3 is 0 Å². The predicted octanol–water partition coefficient (Wildman–Crippen LogP) is 2.23. The summed E-state index contributed by atoms with van der Waals surface area (Å²) in [6.07, 6.45) is 1.49. The number of nitrogens with zero attached hydrogens (tertiary/aromatic N) is 2. The van der Waals surface area contributed by atoms with Gasteiger partial charge in [0, 0.05) is 11.6 Å². The molecule has 5 heteroatoms. The Kier molecular flexibility index (Phi) is 3.62. The van der Waals surface area contributed by atoms with E-state index in [1.807, 2.05) is 32.9 Å². The molecule has 0 aliphatic carbocycles. The minimum absolute atomic E-state index is 0.0324. The molecule has 18 heavy (non-hydrogen) atoms. The van der Waals surface area contributed by atoms with E-state index < -0.39 is 0 Å². The first-order valence-electron chi connectivity index (χ1n) is 5.98. The van der Waals surface area contributed by atoms with Crippen LogP contribution >= 0.6 is 0 Å². The van der Waals surface area contributed by atoms with Gasteiger partial charge in [0.2, 0.25) is 0 Å². The Morgan fingerprint density at radius 2 is 2.06 bits per heavy atom. The average molecular weight is 246 g/mol. The number of hydrogen-bond acceptors (Lipinski definition) is 4. The number of aromatic amines is 1. The molecule has 2 rings (SSSR count). The van der Waals surface area contributed by atoms with E-state index in [1.165, 1.54) is 6.33 Å². The van der Waals surface area contributed by atoms with Crippen molar-refractivity contribution in [2.75, 3.05) is 0 Å². The lowest BCUT2D eigenvalue weighted by atomic mass is 10.0. The number of rotatable bonds is 4. The molecular formula is C13H18N4O. The molecule has 0 aliphatic rings. The van der Waals surface area contributed by atoms with Crippen LogP contribution in [0.3, 0.4) is 0 Å². The normalized spacial score (nSPS) is 14.4. The van der Waals surface area contributed by atoms with E-state index in [1.54, 1.807) is 6.07 Å². The SMILES string of the molecule is Cc1ccc(O)c(C(C)NC(C)c2ncn[nH]2)c1. The first-order valence-corrected chi connectivity index (χ1v) is 5.98. The van der Waals surface area contributed by atoms with Crippen LogP contribution in [-0.2, 0) is 0 Å². The van der Waals surface area contributed by atoms with Crippen molar-refractivity contribution in [3.8, 4) is 5.75 Å². The number of hydrogen-bond donors (Lipinski definition) is 3. The van der Waals surface area contributed by atoms with Crippen LogP contribution in [-0.4, -0.2) is 20.3 Å². The van der Waals surface area contributed by atoms with E-state index in [2.05, 4.69) is 20.5 Å². The van der Waals surface area contributed by atoms with Gasteiger partial charge in [-0.2, -0.15) is 5.10 Å². The smallest absolute Gasteiger partial charge is 0.141 e. The fourth-order valence-corrected chi connectivity index (χ4v) is 1.99. The van der Waals surface area contributed by atoms with Crippen LogP contribution in [0.2, 0.25) is 0 Å². The van der Waals surface area contributed by atoms with Crippen LogP contribution in [0.15, 0.2) is 24.5 Å². The lowest BCUT2D eigenvalue weighted by molar-refractivity contribution is 0.433. The van der Waals surface area contributed by atoms with Gasteiger partial charge < -0.3 is 10.4 Å². The van der Waals surface area contributed by atoms with E-state index in [4.69, 9.17) is 0 Å². The van der Waals surface area contributed by atoms with Crippen LogP contribution in [0.25, 0.3) is 0 Å². The highest BCUT2D eigenvalue weighted by Gasteiger charge is 2.15. The van der Waals surface area contributed by atoms with Crippen molar-refractivity contribution in [3.63, 3.8) is 0 Å². The van der Waals surface area contributed by atoms with Gasteiger partial charge in [-0.3, -0.25) is 5.10 Å². The third-order valence-corrected chi connectivity index (χ3v) is 2.99. The molecule has 0 amide bonds. The monoisotopic (exact) mass is 246 g/mol. The number of phenols is 1. The van der Waals surface area contributed by atoms with Crippen molar-refractivity contribution < 1.29 is 5.11 Å². The summed E-state index contributed by atoms with van der Waals surface area (Å²) < 4.78 is 0. The van der Waals surface area contributed by atoms with Gasteiger partial charge in [0.15, 0.2) is 0 Å². The summed E-state index contributed by atoms with van der Waals surface area (Å²) in [6, 6.07) is 5.68. The summed E-state index contributed by atoms with van der Waals surface area (Å²) in [5.41, 5.74) is 2.02. The number of H-pyrrole nitrogens is 1. The molecule has 0 aliphatic heterocycles. The van der Waals surface area contributed by atoms with Crippen molar-refractivity contribution in [1.29, 1.82) is 0 Å². The molecule has 0 fully saturated rings. The van der Waals surface area contributed by atoms with Gasteiger partial charge in [-0.25, -0.2) is 4.98 Å². The van der Waals surface area contributed by atoms with Crippen LogP contribution in [0.4, 0.5) is 0 Å². The van der Waals surface area contributed by atoms with Crippen molar-refractivity contribution in [2.24, 2.45) is 0 Å². The zero-order valence-corrected chi connectivity index (χ0v) is 10.8. The highest BCUT2D eigenvalue weighted by atomic mass is 16.3. The molecule has 0 saturated carbocycles. The first kappa shape index (κ1) is 12.6. The molecule has 1 aromatic carbocycles. The van der Waals surface area contributed by atoms with Gasteiger partial charge in [0.05, 0.1) is 6.04 Å². The van der Waals surface area contributed by atoms with Gasteiger partial charge in [-0.1, -0.05) is 17.7 Å². The van der Waals surface area contributed by atoms with Crippen LogP contribution < -0.4 is 5.32 Å². The zero-order valence-electron chi connectivity index (χ0n) is 10.8. The average Bonchev–Trinajstić information content (AvgIpc) is 2.85. The Labute approximate surface area is 106 Å². The summed E-state index contributed by atoms with van der Waals surface area (Å²) in [5, 5.41) is 19.9. The molecule has 2 aromatic rings. The van der Waals surface area contributed by atoms with Gasteiger partial charge in [-0.05, 0) is 26.8 Å². The second-order valence-corrected chi connectivity index (χ2v) is 4.54. The second-order valence-electron chi connectivity index (χ2n) is 4.54. The number of aromatic hydroxyl groups is 1. The van der Waals surface area contributed by atoms with E-state index in [0.717, 1.165) is 17.0 Å². The van der Waals surface area contributed by atoms with Crippen molar-refractivity contribution in [3.05, 3.63) is 41.5 Å². The Morgan fingerprint density at radius 1 is 1.28 bits per heavy atom. The zero-order chi connectivity index (χ0) is 13.1. The molecule has 96 valence electrons. The van der Waals surface area contributed by atoms with E-state index in [9.17, 15) is 5.11 Å². The lowest BCUT2D eigenvalue weighted by Crippen LogP contribution is -2.23. The number of phenolic OH excluding ortho intramolecular Hbond substituents is 1.